The first-order chi connectivity index (χ1) is 18.0. The first kappa shape index (κ1) is 31.7. The zero-order valence-corrected chi connectivity index (χ0v) is 25.0. The van der Waals surface area contributed by atoms with Crippen molar-refractivity contribution in [2.45, 2.75) is 118 Å². The minimum Gasteiger partial charge on any atom is -0.460 e. The standard InChI is InChI=1S/C32H51N3O3/c1-8-10-20-31(4,5)21-15-11-12-18-28(36)38-32(6,7)22-19-25(23-37-9-2)34-29-24(3)26-16-13-14-17-27(26)35-30(29)33/h13-14,16-17H,8-12,15,18-23H2,1-7H3,(H2,33,35). The van der Waals surface area contributed by atoms with Gasteiger partial charge in [-0.1, -0.05) is 64.7 Å². The number of aryl methyl sites for hydroxylation is 1. The van der Waals surface area contributed by atoms with Crippen LogP contribution in [0.15, 0.2) is 29.3 Å². The Morgan fingerprint density at radius 2 is 1.68 bits per heavy atom. The van der Waals surface area contributed by atoms with Gasteiger partial charge in [-0.05, 0) is 76.8 Å². The average Bonchev–Trinajstić information content (AvgIpc) is 2.86. The normalized spacial score (nSPS) is 12.8. The molecule has 0 saturated carbocycles. The van der Waals surface area contributed by atoms with E-state index in [0.717, 1.165) is 41.4 Å². The summed E-state index contributed by atoms with van der Waals surface area (Å²) in [6.45, 7) is 15.9. The molecule has 0 fully saturated rings. The molecular weight excluding hydrogens is 474 g/mol. The predicted octanol–water partition coefficient (Wildman–Crippen LogP) is 8.50. The lowest BCUT2D eigenvalue weighted by Gasteiger charge is -2.26. The number of aromatic nitrogens is 1. The molecule has 0 radical (unpaired) electrons. The van der Waals surface area contributed by atoms with Gasteiger partial charge in [-0.15, -0.1) is 0 Å². The SMILES string of the molecule is CCCCC(C)(C)CCCCCC(=O)OC(C)(C)CCC(COCC)=Nc1c(N)nc2ccccc2c1C. The van der Waals surface area contributed by atoms with Crippen LogP contribution in [0, 0.1) is 12.3 Å². The van der Waals surface area contributed by atoms with Gasteiger partial charge in [0.05, 0.1) is 12.1 Å². The number of hydrogen-bond donors (Lipinski definition) is 1. The van der Waals surface area contributed by atoms with Crippen LogP contribution in [0.2, 0.25) is 0 Å². The van der Waals surface area contributed by atoms with Gasteiger partial charge in [-0.25, -0.2) is 4.98 Å². The third-order valence-corrected chi connectivity index (χ3v) is 7.24. The topological polar surface area (TPSA) is 86.8 Å². The van der Waals surface area contributed by atoms with Crippen LogP contribution in [-0.4, -0.2) is 35.5 Å². The summed E-state index contributed by atoms with van der Waals surface area (Å²) in [7, 11) is 0. The van der Waals surface area contributed by atoms with E-state index in [2.05, 4.69) is 25.8 Å². The molecule has 38 heavy (non-hydrogen) atoms. The minimum atomic E-state index is -0.589. The van der Waals surface area contributed by atoms with Crippen molar-refractivity contribution in [3.8, 4) is 0 Å². The van der Waals surface area contributed by atoms with E-state index in [4.69, 9.17) is 20.2 Å². The van der Waals surface area contributed by atoms with E-state index in [9.17, 15) is 4.79 Å². The number of para-hydroxylation sites is 1. The molecule has 212 valence electrons. The van der Waals surface area contributed by atoms with Gasteiger partial charge in [0.25, 0.3) is 0 Å². The van der Waals surface area contributed by atoms with Crippen molar-refractivity contribution in [2.24, 2.45) is 10.4 Å². The molecule has 1 aromatic carbocycles. The van der Waals surface area contributed by atoms with E-state index in [0.29, 0.717) is 49.4 Å². The quantitative estimate of drug-likeness (QED) is 0.127. The van der Waals surface area contributed by atoms with E-state index >= 15 is 0 Å². The number of carbonyl (C=O) groups excluding carboxylic acids is 1. The highest BCUT2D eigenvalue weighted by molar-refractivity contribution is 5.94. The van der Waals surface area contributed by atoms with Gasteiger partial charge in [0.2, 0.25) is 0 Å². The molecule has 1 aromatic heterocycles. The van der Waals surface area contributed by atoms with Crippen LogP contribution in [0.4, 0.5) is 11.5 Å². The maximum absolute atomic E-state index is 12.6. The van der Waals surface area contributed by atoms with Crippen molar-refractivity contribution < 1.29 is 14.3 Å². The molecule has 0 spiro atoms. The Morgan fingerprint density at radius 1 is 0.974 bits per heavy atom. The number of nitrogen functional groups attached to an aromatic ring is 1. The number of carbonyl (C=O) groups is 1. The molecule has 2 N–H and O–H groups in total. The van der Waals surface area contributed by atoms with E-state index in [1.807, 2.05) is 52.0 Å². The van der Waals surface area contributed by atoms with Gasteiger partial charge >= 0.3 is 5.97 Å². The minimum absolute atomic E-state index is 0.123. The van der Waals surface area contributed by atoms with Crippen LogP contribution in [0.5, 0.6) is 0 Å². The molecule has 6 nitrogen and oxygen atoms in total. The second-order valence-electron chi connectivity index (χ2n) is 11.9. The molecule has 1 heterocycles. The lowest BCUT2D eigenvalue weighted by Crippen LogP contribution is -2.29. The number of nitrogens with zero attached hydrogens (tertiary/aromatic N) is 2. The highest BCUT2D eigenvalue weighted by Gasteiger charge is 2.24. The molecule has 0 atom stereocenters. The average molecular weight is 526 g/mol. The second-order valence-corrected chi connectivity index (χ2v) is 11.9. The fourth-order valence-corrected chi connectivity index (χ4v) is 4.76. The summed E-state index contributed by atoms with van der Waals surface area (Å²) in [5, 5.41) is 1.04. The van der Waals surface area contributed by atoms with Crippen molar-refractivity contribution in [2.75, 3.05) is 18.9 Å². The van der Waals surface area contributed by atoms with E-state index in [-0.39, 0.29) is 5.97 Å². The number of anilines is 1. The Labute approximate surface area is 230 Å². The van der Waals surface area contributed by atoms with Crippen LogP contribution < -0.4 is 5.73 Å². The van der Waals surface area contributed by atoms with E-state index < -0.39 is 5.60 Å². The smallest absolute Gasteiger partial charge is 0.306 e. The summed E-state index contributed by atoms with van der Waals surface area (Å²) in [4.78, 5) is 22.0. The zero-order valence-electron chi connectivity index (χ0n) is 25.0. The maximum Gasteiger partial charge on any atom is 0.306 e. The highest BCUT2D eigenvalue weighted by atomic mass is 16.6. The number of rotatable bonds is 17. The van der Waals surface area contributed by atoms with Crippen molar-refractivity contribution in [1.82, 2.24) is 4.98 Å². The molecular formula is C32H51N3O3. The number of nitrogens with two attached hydrogens (primary N) is 1. The van der Waals surface area contributed by atoms with Gasteiger partial charge in [0.1, 0.15) is 17.1 Å². The fourth-order valence-electron chi connectivity index (χ4n) is 4.76. The molecule has 0 aliphatic heterocycles. The third kappa shape index (κ3) is 10.7. The van der Waals surface area contributed by atoms with Crippen LogP contribution >= 0.6 is 0 Å². The molecule has 2 aromatic rings. The summed E-state index contributed by atoms with van der Waals surface area (Å²) in [5.74, 6) is 0.289. The van der Waals surface area contributed by atoms with Crippen LogP contribution in [0.3, 0.4) is 0 Å². The van der Waals surface area contributed by atoms with Gasteiger partial charge in [0, 0.05) is 24.1 Å². The monoisotopic (exact) mass is 525 g/mol. The van der Waals surface area contributed by atoms with Gasteiger partial charge in [0.15, 0.2) is 0 Å². The van der Waals surface area contributed by atoms with Crippen molar-refractivity contribution in [3.63, 3.8) is 0 Å². The Kier molecular flexibility index (Phi) is 12.7. The van der Waals surface area contributed by atoms with Crippen molar-refractivity contribution in [1.29, 1.82) is 0 Å². The number of unbranched alkanes of at least 4 members (excludes halogenated alkanes) is 3. The summed E-state index contributed by atoms with van der Waals surface area (Å²) in [6, 6.07) is 7.94. The first-order valence-electron chi connectivity index (χ1n) is 14.5. The lowest BCUT2D eigenvalue weighted by molar-refractivity contribution is -0.157. The van der Waals surface area contributed by atoms with Crippen LogP contribution in [-0.2, 0) is 14.3 Å². The van der Waals surface area contributed by atoms with Crippen molar-refractivity contribution in [3.05, 3.63) is 29.8 Å². The number of ether oxygens (including phenoxy) is 2. The molecule has 6 heteroatoms. The largest absolute Gasteiger partial charge is 0.460 e. The van der Waals surface area contributed by atoms with Gasteiger partial charge in [-0.3, -0.25) is 9.79 Å². The number of fused-ring (bicyclic) bond motifs is 1. The van der Waals surface area contributed by atoms with Gasteiger partial charge in [-0.2, -0.15) is 0 Å². The van der Waals surface area contributed by atoms with Crippen molar-refractivity contribution >= 4 is 34.1 Å². The maximum atomic E-state index is 12.6. The Hall–Kier alpha value is -2.47. The van der Waals surface area contributed by atoms with Crippen LogP contribution in [0.25, 0.3) is 10.9 Å². The molecule has 0 aliphatic carbocycles. The summed E-state index contributed by atoms with van der Waals surface area (Å²) < 4.78 is 11.6. The Morgan fingerprint density at radius 3 is 2.39 bits per heavy atom. The molecule has 0 saturated heterocycles. The molecule has 0 aliphatic rings. The number of benzene rings is 1. The Balaban J connectivity index is 1.93. The third-order valence-electron chi connectivity index (χ3n) is 7.24. The number of pyridine rings is 1. The summed E-state index contributed by atoms with van der Waals surface area (Å²) in [6.07, 6.45) is 9.89. The fraction of sp³-hybridized carbons (Fsp3) is 0.656. The molecule has 0 amide bonds. The summed E-state index contributed by atoms with van der Waals surface area (Å²) >= 11 is 0. The van der Waals surface area contributed by atoms with E-state index in [1.165, 1.54) is 25.7 Å². The number of esters is 1. The highest BCUT2D eigenvalue weighted by Crippen LogP contribution is 2.32. The van der Waals surface area contributed by atoms with Gasteiger partial charge < -0.3 is 15.2 Å². The summed E-state index contributed by atoms with van der Waals surface area (Å²) in [5.41, 5.74) is 9.52. The number of hydrogen-bond acceptors (Lipinski definition) is 6. The first-order valence-corrected chi connectivity index (χ1v) is 14.5. The molecule has 0 unspecified atom stereocenters. The zero-order chi connectivity index (χ0) is 28.2. The number of aliphatic imine (C=N–C) groups is 1. The second kappa shape index (κ2) is 15.2. The molecule has 2 rings (SSSR count). The molecule has 0 bridgehead atoms. The van der Waals surface area contributed by atoms with E-state index in [1.54, 1.807) is 0 Å². The van der Waals surface area contributed by atoms with Crippen LogP contribution in [0.1, 0.15) is 111 Å². The predicted molar refractivity (Wildman–Crippen MR) is 160 cm³/mol. The Bertz CT molecular complexity index is 1060. The lowest BCUT2D eigenvalue weighted by atomic mass is 9.82.